The van der Waals surface area contributed by atoms with E-state index >= 15 is 0 Å². The van der Waals surface area contributed by atoms with Crippen molar-refractivity contribution in [3.63, 3.8) is 0 Å². The van der Waals surface area contributed by atoms with E-state index < -0.39 is 0 Å². The van der Waals surface area contributed by atoms with E-state index in [1.807, 2.05) is 0 Å². The zero-order chi connectivity index (χ0) is 45.2. The van der Waals surface area contributed by atoms with Crippen LogP contribution in [0.2, 0.25) is 0 Å². The first kappa shape index (κ1) is 47.8. The third kappa shape index (κ3) is 9.71. The topological polar surface area (TPSA) is 0 Å². The second-order valence-corrected chi connectivity index (χ2v) is 26.1. The van der Waals surface area contributed by atoms with Crippen LogP contribution in [0, 0.1) is 0 Å². The van der Waals surface area contributed by atoms with Gasteiger partial charge < -0.3 is 0 Å². The summed E-state index contributed by atoms with van der Waals surface area (Å²) in [4.78, 5) is 0. The molecule has 0 radical (unpaired) electrons. The maximum atomic E-state index is 2.49. The van der Waals surface area contributed by atoms with E-state index in [0.717, 1.165) is 0 Å². The Morgan fingerprint density at radius 1 is 0.226 bits per heavy atom. The van der Waals surface area contributed by atoms with Crippen LogP contribution in [0.5, 0.6) is 0 Å². The summed E-state index contributed by atoms with van der Waals surface area (Å²) < 4.78 is 3.13. The number of benzene rings is 6. The Kier molecular flexibility index (Phi) is 15.8. The molecule has 0 spiro atoms. The minimum atomic E-state index is 0.121. The molecule has 62 heavy (non-hydrogen) atoms. The summed E-state index contributed by atoms with van der Waals surface area (Å²) in [6.07, 6.45) is 0. The molecule has 0 saturated carbocycles. The van der Waals surface area contributed by atoms with E-state index in [9.17, 15) is 0 Å². The molecule has 6 aromatic rings. The maximum absolute atomic E-state index is 2.49. The van der Waals surface area contributed by atoms with Crippen molar-refractivity contribution >= 4 is 35.2 Å². The van der Waals surface area contributed by atoms with Gasteiger partial charge in [0.2, 0.25) is 0 Å². The van der Waals surface area contributed by atoms with E-state index in [2.05, 4.69) is 220 Å². The molecule has 326 valence electrons. The minimum absolute atomic E-state index is 0.121. The molecule has 0 aliphatic carbocycles. The van der Waals surface area contributed by atoms with Gasteiger partial charge in [-0.3, -0.25) is 0 Å². The molecule has 0 fully saturated rings. The first-order chi connectivity index (χ1) is 29.5. The summed E-state index contributed by atoms with van der Waals surface area (Å²) in [6.45, 7) is 38.1. The van der Waals surface area contributed by atoms with Crippen molar-refractivity contribution in [1.29, 1.82) is 0 Å². The Balaban J connectivity index is 1.77. The molecule has 0 nitrogen and oxygen atoms in total. The first-order valence-corrected chi connectivity index (χ1v) is 29.6. The summed E-state index contributed by atoms with van der Waals surface area (Å²) in [5.74, 6) is 3.25. The van der Waals surface area contributed by atoms with Crippen LogP contribution in [0.4, 0.5) is 0 Å². The molecular formula is C60H74Se2. The quantitative estimate of drug-likeness (QED) is 0.0900. The summed E-state index contributed by atoms with van der Waals surface area (Å²) in [5, 5.41) is 0. The molecule has 2 heteroatoms. The Labute approximate surface area is 389 Å². The molecule has 0 aromatic heterocycles. The molecule has 0 aliphatic heterocycles. The number of hydrogen-bond donors (Lipinski definition) is 0. The van der Waals surface area contributed by atoms with Crippen LogP contribution in [0.25, 0.3) is 44.5 Å². The van der Waals surface area contributed by atoms with Crippen molar-refractivity contribution in [1.82, 2.24) is 0 Å². The third-order valence-electron chi connectivity index (χ3n) is 12.8. The van der Waals surface area contributed by atoms with Gasteiger partial charge in [-0.2, -0.15) is 0 Å². The van der Waals surface area contributed by atoms with Gasteiger partial charge in [0.25, 0.3) is 0 Å². The van der Waals surface area contributed by atoms with Crippen molar-refractivity contribution in [3.05, 3.63) is 154 Å². The molecule has 0 atom stereocenters. The molecule has 6 rings (SSSR count). The van der Waals surface area contributed by atoms with Gasteiger partial charge in [0.05, 0.1) is 0 Å². The van der Waals surface area contributed by atoms with Crippen molar-refractivity contribution in [2.24, 2.45) is 0 Å². The summed E-state index contributed by atoms with van der Waals surface area (Å²) in [5.41, 5.74) is 23.3. The predicted molar refractivity (Wildman–Crippen MR) is 278 cm³/mol. The number of hydrogen-bond acceptors (Lipinski definition) is 0. The van der Waals surface area contributed by atoms with Gasteiger partial charge in [-0.15, -0.1) is 0 Å². The Bertz CT molecular complexity index is 2050. The summed E-state index contributed by atoms with van der Waals surface area (Å²) in [7, 11) is 0. The van der Waals surface area contributed by atoms with Crippen molar-refractivity contribution in [2.75, 3.05) is 0 Å². The molecule has 0 N–H and O–H groups in total. The van der Waals surface area contributed by atoms with Gasteiger partial charge in [0.15, 0.2) is 0 Å². The fourth-order valence-corrected chi connectivity index (χ4v) is 17.8. The van der Waals surface area contributed by atoms with Crippen molar-refractivity contribution < 1.29 is 0 Å². The van der Waals surface area contributed by atoms with E-state index in [4.69, 9.17) is 0 Å². The third-order valence-corrected chi connectivity index (χ3v) is 20.1. The van der Waals surface area contributed by atoms with Crippen LogP contribution in [-0.2, 0) is 0 Å². The van der Waals surface area contributed by atoms with Gasteiger partial charge in [0, 0.05) is 0 Å². The monoisotopic (exact) mass is 954 g/mol. The average molecular weight is 953 g/mol. The van der Waals surface area contributed by atoms with Crippen LogP contribution in [0.3, 0.4) is 0 Å². The van der Waals surface area contributed by atoms with Crippen molar-refractivity contribution in [2.45, 2.75) is 158 Å². The van der Waals surface area contributed by atoms with Crippen LogP contribution in [0.1, 0.15) is 203 Å². The Hall–Kier alpha value is -3.64. The fraction of sp³-hybridized carbons (Fsp3) is 0.400. The van der Waals surface area contributed by atoms with E-state index in [1.54, 1.807) is 8.92 Å². The molecule has 0 saturated heterocycles. The first-order valence-electron chi connectivity index (χ1n) is 23.6. The molecule has 6 aromatic carbocycles. The second kappa shape index (κ2) is 20.5. The van der Waals surface area contributed by atoms with Crippen molar-refractivity contribution in [3.8, 4) is 44.5 Å². The molecule has 0 bridgehead atoms. The molecule has 0 heterocycles. The Morgan fingerprint density at radius 3 is 0.516 bits per heavy atom. The number of rotatable bonds is 15. The zero-order valence-electron chi connectivity index (χ0n) is 40.8. The molecular weight excluding hydrogens is 879 g/mol. The normalized spacial score (nSPS) is 12.2. The van der Waals surface area contributed by atoms with E-state index in [1.165, 1.54) is 89.0 Å². The molecule has 0 aliphatic rings. The SMILES string of the molecule is CC(C)c1cccc(C(C)C)c1-c1cccc(-c2c(C(C)C)cccc2C(C)C)c1[Se][Se]c1c(-c2c(C(C)C)cccc2C(C)C)cccc1-c1c(C(C)C)cccc1C(C)C. The van der Waals surface area contributed by atoms with Crippen LogP contribution in [-0.4, -0.2) is 26.3 Å². The van der Waals surface area contributed by atoms with E-state index in [0.29, 0.717) is 47.3 Å². The van der Waals surface area contributed by atoms with Crippen LogP contribution in [0.15, 0.2) is 109 Å². The van der Waals surface area contributed by atoms with Crippen LogP contribution >= 0.6 is 0 Å². The molecule has 0 amide bonds. The van der Waals surface area contributed by atoms with Gasteiger partial charge in [-0.1, -0.05) is 0 Å². The van der Waals surface area contributed by atoms with Gasteiger partial charge in [-0.05, 0) is 0 Å². The van der Waals surface area contributed by atoms with E-state index in [-0.39, 0.29) is 26.3 Å². The summed E-state index contributed by atoms with van der Waals surface area (Å²) in [6, 6.07) is 43.1. The zero-order valence-corrected chi connectivity index (χ0v) is 44.3. The van der Waals surface area contributed by atoms with Crippen LogP contribution < -0.4 is 8.92 Å². The van der Waals surface area contributed by atoms with Gasteiger partial charge >= 0.3 is 392 Å². The fourth-order valence-electron chi connectivity index (χ4n) is 9.57. The molecule has 0 unspecified atom stereocenters. The van der Waals surface area contributed by atoms with Gasteiger partial charge in [-0.25, -0.2) is 0 Å². The standard InChI is InChI=1S/C60H74Se2/c1-35(2)43-23-17-24-44(36(3)4)55(43)51-31-21-32-52(56-45(37(5)6)25-18-26-46(56)38(7)8)59(51)61-62-60-53(57-47(39(9)10)27-19-28-48(57)40(11)12)33-22-34-54(60)58-49(41(13)14)29-20-30-50(58)42(15)16/h17-42H,1-16H3. The predicted octanol–water partition coefficient (Wildman–Crippen LogP) is 16.6. The Morgan fingerprint density at radius 2 is 0.371 bits per heavy atom. The second-order valence-electron chi connectivity index (χ2n) is 20.0. The average Bonchev–Trinajstić information content (AvgIpc) is 3.23. The van der Waals surface area contributed by atoms with Gasteiger partial charge in [0.1, 0.15) is 0 Å². The summed E-state index contributed by atoms with van der Waals surface area (Å²) >= 11 is 0.242.